The van der Waals surface area contributed by atoms with E-state index < -0.39 is 10.0 Å². The van der Waals surface area contributed by atoms with Crippen LogP contribution in [-0.4, -0.2) is 26.4 Å². The summed E-state index contributed by atoms with van der Waals surface area (Å²) in [7, 11) is -3.50. The van der Waals surface area contributed by atoms with Gasteiger partial charge in [-0.15, -0.1) is 0 Å². The van der Waals surface area contributed by atoms with E-state index in [-0.39, 0.29) is 22.9 Å². The molecule has 0 radical (unpaired) electrons. The second kappa shape index (κ2) is 8.32. The number of nitrogens with one attached hydrogen (secondary N) is 2. The molecule has 0 saturated heterocycles. The highest BCUT2D eigenvalue weighted by Crippen LogP contribution is 2.21. The molecular formula is C19H28N2O3S. The van der Waals surface area contributed by atoms with Gasteiger partial charge in [0.05, 0.1) is 4.90 Å². The van der Waals surface area contributed by atoms with Crippen molar-refractivity contribution in [1.29, 1.82) is 0 Å². The molecule has 0 aliphatic heterocycles. The first-order valence-corrected chi connectivity index (χ1v) is 11.0. The maximum absolute atomic E-state index is 12.4. The summed E-state index contributed by atoms with van der Waals surface area (Å²) in [5.41, 5.74) is 0.518. The van der Waals surface area contributed by atoms with Gasteiger partial charge < -0.3 is 5.32 Å². The van der Waals surface area contributed by atoms with Gasteiger partial charge in [0.15, 0.2) is 0 Å². The maximum Gasteiger partial charge on any atom is 0.251 e. The zero-order chi connectivity index (χ0) is 17.7. The summed E-state index contributed by atoms with van der Waals surface area (Å²) in [6.45, 7) is 0. The van der Waals surface area contributed by atoms with Gasteiger partial charge in [-0.05, 0) is 49.9 Å². The van der Waals surface area contributed by atoms with Gasteiger partial charge >= 0.3 is 0 Å². The Morgan fingerprint density at radius 1 is 0.800 bits per heavy atom. The van der Waals surface area contributed by atoms with Crippen LogP contribution in [0.3, 0.4) is 0 Å². The summed E-state index contributed by atoms with van der Waals surface area (Å²) in [5, 5.41) is 3.09. The quantitative estimate of drug-likeness (QED) is 0.787. The third kappa shape index (κ3) is 5.05. The Morgan fingerprint density at radius 2 is 1.32 bits per heavy atom. The summed E-state index contributed by atoms with van der Waals surface area (Å²) in [4.78, 5) is 12.6. The summed E-state index contributed by atoms with van der Waals surface area (Å²) in [6.07, 6.45) is 10.8. The molecule has 0 bridgehead atoms. The van der Waals surface area contributed by atoms with Crippen LogP contribution in [0.4, 0.5) is 0 Å². The molecule has 25 heavy (non-hydrogen) atoms. The van der Waals surface area contributed by atoms with Crippen molar-refractivity contribution in [3.05, 3.63) is 29.8 Å². The van der Waals surface area contributed by atoms with Gasteiger partial charge in [-0.2, -0.15) is 0 Å². The van der Waals surface area contributed by atoms with Gasteiger partial charge in [-0.3, -0.25) is 4.79 Å². The first-order chi connectivity index (χ1) is 12.0. The minimum absolute atomic E-state index is 0.0446. The molecule has 5 nitrogen and oxygen atoms in total. The summed E-state index contributed by atoms with van der Waals surface area (Å²) in [6, 6.07) is 6.55. The molecule has 138 valence electrons. The average molecular weight is 365 g/mol. The van der Waals surface area contributed by atoms with E-state index in [0.717, 1.165) is 51.4 Å². The van der Waals surface area contributed by atoms with E-state index in [9.17, 15) is 13.2 Å². The fourth-order valence-corrected chi connectivity index (χ4v) is 5.11. The first kappa shape index (κ1) is 18.4. The molecule has 2 aliphatic rings. The normalized spacial score (nSPS) is 20.3. The number of hydrogen-bond acceptors (Lipinski definition) is 3. The fourth-order valence-electron chi connectivity index (χ4n) is 3.81. The molecular weight excluding hydrogens is 336 g/mol. The molecule has 0 unspecified atom stereocenters. The number of carbonyl (C=O) groups is 1. The Kier molecular flexibility index (Phi) is 6.12. The van der Waals surface area contributed by atoms with Crippen LogP contribution in [-0.2, 0) is 10.0 Å². The van der Waals surface area contributed by atoms with Crippen LogP contribution in [0, 0.1) is 0 Å². The van der Waals surface area contributed by atoms with E-state index in [1.807, 2.05) is 0 Å². The molecule has 2 saturated carbocycles. The van der Waals surface area contributed by atoms with Crippen molar-refractivity contribution < 1.29 is 13.2 Å². The van der Waals surface area contributed by atoms with Crippen LogP contribution in [0.15, 0.2) is 29.2 Å². The molecule has 1 aromatic rings. The molecule has 2 fully saturated rings. The molecule has 3 rings (SSSR count). The molecule has 2 aliphatic carbocycles. The Hall–Kier alpha value is -1.40. The Bertz CT molecular complexity index is 671. The Morgan fingerprint density at radius 3 is 1.92 bits per heavy atom. The predicted molar refractivity (Wildman–Crippen MR) is 98.0 cm³/mol. The second-order valence-electron chi connectivity index (χ2n) is 7.29. The Balaban J connectivity index is 1.61. The third-order valence-electron chi connectivity index (χ3n) is 5.29. The van der Waals surface area contributed by atoms with Gasteiger partial charge in [0.25, 0.3) is 5.91 Å². The zero-order valence-electron chi connectivity index (χ0n) is 14.7. The average Bonchev–Trinajstić information content (AvgIpc) is 2.96. The van der Waals surface area contributed by atoms with E-state index in [0.29, 0.717) is 5.56 Å². The molecule has 2 N–H and O–H groups in total. The van der Waals surface area contributed by atoms with Gasteiger partial charge in [0, 0.05) is 17.6 Å². The first-order valence-electron chi connectivity index (χ1n) is 9.48. The highest BCUT2D eigenvalue weighted by Gasteiger charge is 2.23. The molecule has 0 aromatic heterocycles. The minimum atomic E-state index is -3.50. The number of sulfonamides is 1. The summed E-state index contributed by atoms with van der Waals surface area (Å²) in [5.74, 6) is -0.111. The molecule has 1 aromatic carbocycles. The number of carbonyl (C=O) groups excluding carboxylic acids is 1. The lowest BCUT2D eigenvalue weighted by Crippen LogP contribution is -2.34. The molecule has 0 spiro atoms. The lowest BCUT2D eigenvalue weighted by Gasteiger charge is -2.16. The topological polar surface area (TPSA) is 75.3 Å². The van der Waals surface area contributed by atoms with Crippen LogP contribution in [0.25, 0.3) is 0 Å². The van der Waals surface area contributed by atoms with Crippen molar-refractivity contribution in [2.45, 2.75) is 81.2 Å². The monoisotopic (exact) mass is 364 g/mol. The molecule has 6 heteroatoms. The van der Waals surface area contributed by atoms with E-state index >= 15 is 0 Å². The zero-order valence-corrected chi connectivity index (χ0v) is 15.5. The van der Waals surface area contributed by atoms with Crippen molar-refractivity contribution in [3.63, 3.8) is 0 Å². The number of rotatable bonds is 5. The van der Waals surface area contributed by atoms with Gasteiger partial charge in [-0.25, -0.2) is 13.1 Å². The highest BCUT2D eigenvalue weighted by atomic mass is 32.2. The van der Waals surface area contributed by atoms with E-state index in [2.05, 4.69) is 10.0 Å². The van der Waals surface area contributed by atoms with E-state index in [1.165, 1.54) is 25.0 Å². The van der Waals surface area contributed by atoms with Gasteiger partial charge in [0.2, 0.25) is 10.0 Å². The second-order valence-corrected chi connectivity index (χ2v) is 9.00. The van der Waals surface area contributed by atoms with Crippen molar-refractivity contribution >= 4 is 15.9 Å². The number of benzene rings is 1. The lowest BCUT2D eigenvalue weighted by molar-refractivity contribution is 0.0933. The van der Waals surface area contributed by atoms with Crippen molar-refractivity contribution in [2.24, 2.45) is 0 Å². The van der Waals surface area contributed by atoms with Gasteiger partial charge in [0.1, 0.15) is 0 Å². The number of amides is 1. The van der Waals surface area contributed by atoms with Crippen LogP contribution in [0.5, 0.6) is 0 Å². The number of hydrogen-bond donors (Lipinski definition) is 2. The van der Waals surface area contributed by atoms with Crippen LogP contribution in [0.2, 0.25) is 0 Å². The van der Waals surface area contributed by atoms with E-state index in [4.69, 9.17) is 0 Å². The largest absolute Gasteiger partial charge is 0.349 e. The molecule has 1 amide bonds. The molecule has 0 heterocycles. The van der Waals surface area contributed by atoms with Crippen molar-refractivity contribution in [1.82, 2.24) is 10.0 Å². The fraction of sp³-hybridized carbons (Fsp3) is 0.632. The van der Waals surface area contributed by atoms with Crippen molar-refractivity contribution in [3.8, 4) is 0 Å². The smallest absolute Gasteiger partial charge is 0.251 e. The molecule has 0 atom stereocenters. The van der Waals surface area contributed by atoms with Crippen LogP contribution < -0.4 is 10.0 Å². The van der Waals surface area contributed by atoms with E-state index in [1.54, 1.807) is 12.1 Å². The lowest BCUT2D eigenvalue weighted by atomic mass is 10.1. The Labute approximate surface area is 150 Å². The third-order valence-corrected chi connectivity index (χ3v) is 6.83. The van der Waals surface area contributed by atoms with Gasteiger partial charge in [-0.1, -0.05) is 38.5 Å². The van der Waals surface area contributed by atoms with Crippen molar-refractivity contribution in [2.75, 3.05) is 0 Å². The van der Waals surface area contributed by atoms with Crippen LogP contribution in [0.1, 0.15) is 74.6 Å². The summed E-state index contributed by atoms with van der Waals surface area (Å²) >= 11 is 0. The standard InChI is InChI=1S/C19H28N2O3S/c22-19(20-16-7-3-1-2-4-8-16)15-11-13-18(14-12-15)25(23,24)21-17-9-5-6-10-17/h11-14,16-17,21H,1-10H2,(H,20,22). The predicted octanol–water partition coefficient (Wildman–Crippen LogP) is 3.36. The maximum atomic E-state index is 12.4. The highest BCUT2D eigenvalue weighted by molar-refractivity contribution is 7.89. The summed E-state index contributed by atoms with van der Waals surface area (Å²) < 4.78 is 27.6. The minimum Gasteiger partial charge on any atom is -0.349 e. The van der Waals surface area contributed by atoms with Crippen LogP contribution >= 0.6 is 0 Å². The SMILES string of the molecule is O=C(NC1CCCCCC1)c1ccc(S(=O)(=O)NC2CCCC2)cc1.